The van der Waals surface area contributed by atoms with Crippen molar-refractivity contribution in [2.45, 2.75) is 53.4 Å². The topological polar surface area (TPSA) is 140 Å². The first kappa shape index (κ1) is 27.9. The Hall–Kier alpha value is -3.71. The summed E-state index contributed by atoms with van der Waals surface area (Å²) < 4.78 is 10.8. The molecule has 1 aromatic rings. The number of Topliss-reactive ketones (excluding diaryl/α,β-unsaturated/α-hetero) is 2. The fourth-order valence-corrected chi connectivity index (χ4v) is 5.89. The van der Waals surface area contributed by atoms with Crippen molar-refractivity contribution in [1.82, 2.24) is 4.90 Å². The van der Waals surface area contributed by atoms with E-state index in [9.17, 15) is 24.4 Å². The number of nitriles is 1. The van der Waals surface area contributed by atoms with Crippen LogP contribution in [0.1, 0.15) is 58.3 Å². The third-order valence-corrected chi connectivity index (χ3v) is 7.54. The van der Waals surface area contributed by atoms with Crippen molar-refractivity contribution in [2.24, 2.45) is 17.6 Å². The van der Waals surface area contributed by atoms with Gasteiger partial charge < -0.3 is 20.1 Å². The molecule has 0 aromatic carbocycles. The second kappa shape index (κ2) is 11.6. The Morgan fingerprint density at radius 2 is 1.62 bits per heavy atom. The molecule has 0 radical (unpaired) electrons. The van der Waals surface area contributed by atoms with E-state index in [1.54, 1.807) is 46.8 Å². The second-order valence-corrected chi connectivity index (χ2v) is 9.51. The number of rotatable bonds is 10. The van der Waals surface area contributed by atoms with Gasteiger partial charge in [0.15, 0.2) is 0 Å². The Bertz CT molecular complexity index is 1240. The molecule has 3 heterocycles. The lowest BCUT2D eigenvalue weighted by Crippen LogP contribution is -2.39. The highest BCUT2D eigenvalue weighted by Gasteiger charge is 2.53. The fourth-order valence-electron chi connectivity index (χ4n) is 5.04. The molecule has 0 spiro atoms. The number of carbonyl (C=O) groups excluding carboxylic acids is 4. The van der Waals surface area contributed by atoms with Crippen molar-refractivity contribution in [3.05, 3.63) is 56.3 Å². The summed E-state index contributed by atoms with van der Waals surface area (Å²) in [7, 11) is 0. The summed E-state index contributed by atoms with van der Waals surface area (Å²) in [6.45, 7) is 8.42. The lowest BCUT2D eigenvalue weighted by Gasteiger charge is -2.37. The van der Waals surface area contributed by atoms with E-state index in [1.807, 2.05) is 5.38 Å². The van der Waals surface area contributed by atoms with Gasteiger partial charge in [0, 0.05) is 29.1 Å². The quantitative estimate of drug-likeness (QED) is 0.358. The van der Waals surface area contributed by atoms with Gasteiger partial charge in [0.05, 0.1) is 53.8 Å². The number of ketones is 2. The van der Waals surface area contributed by atoms with Gasteiger partial charge in [-0.25, -0.2) is 9.59 Å². The monoisotopic (exact) mass is 525 g/mol. The van der Waals surface area contributed by atoms with Gasteiger partial charge in [0.2, 0.25) is 0 Å². The minimum atomic E-state index is -1.21. The number of allylic oxidation sites excluding steroid dienone is 2. The van der Waals surface area contributed by atoms with E-state index in [1.165, 1.54) is 16.2 Å². The van der Waals surface area contributed by atoms with Crippen molar-refractivity contribution in [3.63, 3.8) is 0 Å². The molecular formula is C27H31N3O6S. The van der Waals surface area contributed by atoms with Crippen LogP contribution >= 0.6 is 11.3 Å². The van der Waals surface area contributed by atoms with Crippen molar-refractivity contribution in [2.75, 3.05) is 13.2 Å². The Kier molecular flexibility index (Phi) is 8.71. The van der Waals surface area contributed by atoms with Crippen LogP contribution < -0.4 is 5.73 Å². The van der Waals surface area contributed by atoms with Gasteiger partial charge in [-0.1, -0.05) is 19.9 Å². The number of ether oxygens (including phenoxy) is 2. The number of fused-ring (bicyclic) bond motifs is 1. The van der Waals surface area contributed by atoms with Gasteiger partial charge in [-0.3, -0.25) is 9.59 Å². The van der Waals surface area contributed by atoms with Gasteiger partial charge in [0.1, 0.15) is 17.4 Å². The number of thiophene rings is 1. The molecule has 1 aromatic heterocycles. The van der Waals surface area contributed by atoms with E-state index in [0.29, 0.717) is 10.6 Å². The third kappa shape index (κ3) is 4.71. The SMILES string of the molecule is CCOC(=O)C1=C(C)N2C(N)=C(C#N)[C@@H](C(C(=O)CC)C(=O)CC)C2=C(C(=O)OCC)[C@@H]1c1cccs1. The van der Waals surface area contributed by atoms with Crippen LogP contribution in [0.25, 0.3) is 0 Å². The van der Waals surface area contributed by atoms with Crippen LogP contribution in [0.2, 0.25) is 0 Å². The van der Waals surface area contributed by atoms with Gasteiger partial charge in [-0.2, -0.15) is 5.26 Å². The first-order valence-corrected chi connectivity index (χ1v) is 13.1. The molecule has 196 valence electrons. The third-order valence-electron chi connectivity index (χ3n) is 6.60. The van der Waals surface area contributed by atoms with Crippen molar-refractivity contribution >= 4 is 34.8 Å². The lowest BCUT2D eigenvalue weighted by atomic mass is 9.74. The zero-order valence-corrected chi connectivity index (χ0v) is 22.4. The van der Waals surface area contributed by atoms with Crippen molar-refractivity contribution < 1.29 is 28.7 Å². The van der Waals surface area contributed by atoms with Gasteiger partial charge in [-0.05, 0) is 32.2 Å². The maximum absolute atomic E-state index is 13.6. The van der Waals surface area contributed by atoms with Gasteiger partial charge in [-0.15, -0.1) is 11.3 Å². The number of nitrogens with zero attached hydrogens (tertiary/aromatic N) is 2. The average Bonchev–Trinajstić information content (AvgIpc) is 3.50. The maximum Gasteiger partial charge on any atom is 0.336 e. The molecule has 2 aliphatic rings. The molecule has 0 fully saturated rings. The number of nitrogens with two attached hydrogens (primary N) is 1. The number of esters is 2. The Morgan fingerprint density at radius 1 is 1.05 bits per heavy atom. The van der Waals surface area contributed by atoms with Crippen LogP contribution in [0.4, 0.5) is 0 Å². The highest BCUT2D eigenvalue weighted by molar-refractivity contribution is 7.10. The molecule has 37 heavy (non-hydrogen) atoms. The second-order valence-electron chi connectivity index (χ2n) is 8.53. The summed E-state index contributed by atoms with van der Waals surface area (Å²) in [4.78, 5) is 55.4. The van der Waals surface area contributed by atoms with Gasteiger partial charge in [0.25, 0.3) is 0 Å². The Morgan fingerprint density at radius 3 is 2.08 bits per heavy atom. The Labute approximate surface area is 220 Å². The van der Waals surface area contributed by atoms with Crippen LogP contribution in [0.15, 0.2) is 51.4 Å². The van der Waals surface area contributed by atoms with Gasteiger partial charge >= 0.3 is 11.9 Å². The molecule has 0 unspecified atom stereocenters. The van der Waals surface area contributed by atoms with Crippen LogP contribution in [0, 0.1) is 23.2 Å². The molecular weight excluding hydrogens is 494 g/mol. The van der Waals surface area contributed by atoms with E-state index in [-0.39, 0.29) is 65.9 Å². The summed E-state index contributed by atoms with van der Waals surface area (Å²) >= 11 is 1.34. The van der Waals surface area contributed by atoms with Crippen LogP contribution in [0.5, 0.6) is 0 Å². The minimum absolute atomic E-state index is 0.000197. The summed E-state index contributed by atoms with van der Waals surface area (Å²) in [6.07, 6.45) is 0.121. The standard InChI is InChI=1S/C27H31N3O6S/c1-6-16(31)21(17(32)7-2)20-15(13-28)25(29)30-14(5)19(26(33)35-8-3)22(18-11-10-12-37-18)23(24(20)30)27(34)36-9-4/h10-12,20-22H,6-9,29H2,1-5H3/t20-,22+/m0/s1. The smallest absolute Gasteiger partial charge is 0.336 e. The van der Waals surface area contributed by atoms with Crippen LogP contribution in [0.3, 0.4) is 0 Å². The molecule has 2 N–H and O–H groups in total. The van der Waals surface area contributed by atoms with Crippen molar-refractivity contribution in [1.29, 1.82) is 5.26 Å². The number of hydrogen-bond acceptors (Lipinski definition) is 10. The summed E-state index contributed by atoms with van der Waals surface area (Å²) in [6, 6.07) is 5.66. The molecule has 0 saturated carbocycles. The molecule has 10 heteroatoms. The summed E-state index contributed by atoms with van der Waals surface area (Å²) in [5.41, 5.74) is 7.30. The zero-order valence-electron chi connectivity index (χ0n) is 21.6. The van der Waals surface area contributed by atoms with E-state index < -0.39 is 29.7 Å². The number of carbonyl (C=O) groups is 4. The molecule has 0 saturated heterocycles. The molecule has 0 aliphatic carbocycles. The molecule has 9 nitrogen and oxygen atoms in total. The maximum atomic E-state index is 13.6. The highest BCUT2D eigenvalue weighted by atomic mass is 32.1. The predicted molar refractivity (Wildman–Crippen MR) is 136 cm³/mol. The van der Waals surface area contributed by atoms with Crippen LogP contribution in [-0.2, 0) is 28.7 Å². The molecule has 2 aliphatic heterocycles. The lowest BCUT2D eigenvalue weighted by molar-refractivity contribution is -0.140. The van der Waals surface area contributed by atoms with Crippen LogP contribution in [-0.4, -0.2) is 41.6 Å². The van der Waals surface area contributed by atoms with Crippen molar-refractivity contribution in [3.8, 4) is 6.07 Å². The van der Waals surface area contributed by atoms with E-state index in [4.69, 9.17) is 15.2 Å². The average molecular weight is 526 g/mol. The molecule has 0 amide bonds. The van der Waals surface area contributed by atoms with E-state index in [0.717, 1.165) is 0 Å². The summed E-state index contributed by atoms with van der Waals surface area (Å²) in [5, 5.41) is 12.0. The van der Waals surface area contributed by atoms with E-state index in [2.05, 4.69) is 6.07 Å². The Balaban J connectivity index is 2.47. The highest BCUT2D eigenvalue weighted by Crippen LogP contribution is 2.53. The molecule has 0 bridgehead atoms. The number of hydrogen-bond donors (Lipinski definition) is 1. The fraction of sp³-hybridized carbons (Fsp3) is 0.444. The minimum Gasteiger partial charge on any atom is -0.463 e. The van der Waals surface area contributed by atoms with E-state index >= 15 is 0 Å². The first-order valence-electron chi connectivity index (χ1n) is 12.3. The zero-order chi connectivity index (χ0) is 27.4. The summed E-state index contributed by atoms with van der Waals surface area (Å²) in [5.74, 6) is -5.32. The predicted octanol–water partition coefficient (Wildman–Crippen LogP) is 3.70. The largest absolute Gasteiger partial charge is 0.463 e. The molecule has 2 atom stereocenters. The normalized spacial score (nSPS) is 19.2. The molecule has 3 rings (SSSR count). The first-order chi connectivity index (χ1) is 17.7.